The molecule has 1 aromatic rings. The smallest absolute Gasteiger partial charge is 0.226 e. The Hall–Kier alpha value is -1.26. The van der Waals surface area contributed by atoms with Crippen molar-refractivity contribution in [3.63, 3.8) is 0 Å². The lowest BCUT2D eigenvalue weighted by atomic mass is 9.84. The number of ether oxygens (including phenoxy) is 1. The van der Waals surface area contributed by atoms with E-state index in [1.165, 1.54) is 0 Å². The van der Waals surface area contributed by atoms with E-state index in [-0.39, 0.29) is 23.9 Å². The van der Waals surface area contributed by atoms with Crippen molar-refractivity contribution < 1.29 is 9.53 Å². The largest absolute Gasteiger partial charge is 0.496 e. The van der Waals surface area contributed by atoms with Crippen molar-refractivity contribution in [2.24, 2.45) is 11.1 Å². The van der Waals surface area contributed by atoms with Crippen LogP contribution in [0.25, 0.3) is 0 Å². The molecule has 0 atom stereocenters. The Morgan fingerprint density at radius 2 is 1.78 bits per heavy atom. The van der Waals surface area contributed by atoms with Gasteiger partial charge in [0.1, 0.15) is 5.75 Å². The van der Waals surface area contributed by atoms with Gasteiger partial charge < -0.3 is 15.8 Å². The monoisotopic (exact) mass is 342 g/mol. The maximum atomic E-state index is 12.5. The fourth-order valence-corrected chi connectivity index (χ4v) is 2.40. The normalized spacial score (nSPS) is 11.6. The maximum absolute atomic E-state index is 12.5. The molecule has 3 N–H and O–H groups in total. The summed E-state index contributed by atoms with van der Waals surface area (Å²) in [6.07, 6.45) is 2.31. The van der Waals surface area contributed by atoms with Gasteiger partial charge in [0.15, 0.2) is 0 Å². The molecular formula is C18H31ClN2O2. The topological polar surface area (TPSA) is 64.3 Å². The van der Waals surface area contributed by atoms with E-state index in [1.54, 1.807) is 7.11 Å². The van der Waals surface area contributed by atoms with Gasteiger partial charge in [-0.25, -0.2) is 0 Å². The van der Waals surface area contributed by atoms with Gasteiger partial charge in [0.25, 0.3) is 0 Å². The number of benzene rings is 1. The highest BCUT2D eigenvalue weighted by Crippen LogP contribution is 2.28. The van der Waals surface area contributed by atoms with Crippen LogP contribution in [0, 0.1) is 5.41 Å². The first-order valence-electron chi connectivity index (χ1n) is 7.97. The van der Waals surface area contributed by atoms with Crippen LogP contribution in [0.2, 0.25) is 0 Å². The first-order valence-corrected chi connectivity index (χ1v) is 7.97. The maximum Gasteiger partial charge on any atom is 0.226 e. The van der Waals surface area contributed by atoms with Crippen molar-refractivity contribution in [3.05, 3.63) is 29.8 Å². The predicted molar refractivity (Wildman–Crippen MR) is 98.2 cm³/mol. The van der Waals surface area contributed by atoms with Crippen LogP contribution < -0.4 is 15.8 Å². The number of nitrogens with one attached hydrogen (secondary N) is 1. The minimum Gasteiger partial charge on any atom is -0.496 e. The Morgan fingerprint density at radius 3 is 2.30 bits per heavy atom. The van der Waals surface area contributed by atoms with Gasteiger partial charge in [-0.05, 0) is 30.9 Å². The second kappa shape index (κ2) is 9.14. The van der Waals surface area contributed by atoms with Crippen molar-refractivity contribution in [2.45, 2.75) is 52.5 Å². The summed E-state index contributed by atoms with van der Waals surface area (Å²) in [4.78, 5) is 12.5. The van der Waals surface area contributed by atoms with E-state index in [9.17, 15) is 4.79 Å². The van der Waals surface area contributed by atoms with Crippen molar-refractivity contribution >= 4 is 18.3 Å². The second-order valence-electron chi connectivity index (χ2n) is 6.62. The summed E-state index contributed by atoms with van der Waals surface area (Å²) in [5.74, 6) is 0.841. The van der Waals surface area contributed by atoms with Crippen LogP contribution in [0.1, 0.15) is 46.1 Å². The lowest BCUT2D eigenvalue weighted by Gasteiger charge is -2.30. The summed E-state index contributed by atoms with van der Waals surface area (Å²) in [6, 6.07) is 7.81. The molecule has 1 rings (SSSR count). The number of amides is 1. The van der Waals surface area contributed by atoms with Crippen LogP contribution in [-0.2, 0) is 11.2 Å². The summed E-state index contributed by atoms with van der Waals surface area (Å²) in [7, 11) is 1.65. The first-order chi connectivity index (χ1) is 10.3. The minimum atomic E-state index is -0.517. The standard InChI is InChI=1S/C18H30N2O2.ClH/c1-6-18(19,7-2)13-20-16(21)17(3,4)12-14-10-8-9-11-15(14)22-5;/h8-11H,6-7,12-13,19H2,1-5H3,(H,20,21);1H. The van der Waals surface area contributed by atoms with Gasteiger partial charge in [-0.3, -0.25) is 4.79 Å². The highest BCUT2D eigenvalue weighted by molar-refractivity contribution is 5.85. The summed E-state index contributed by atoms with van der Waals surface area (Å²) in [6.45, 7) is 8.51. The number of halogens is 1. The summed E-state index contributed by atoms with van der Waals surface area (Å²) >= 11 is 0. The van der Waals surface area contributed by atoms with E-state index in [0.717, 1.165) is 24.2 Å². The molecule has 0 aliphatic heterocycles. The molecule has 4 nitrogen and oxygen atoms in total. The van der Waals surface area contributed by atoms with E-state index >= 15 is 0 Å². The molecule has 0 radical (unpaired) electrons. The molecule has 0 saturated carbocycles. The molecule has 0 unspecified atom stereocenters. The molecule has 23 heavy (non-hydrogen) atoms. The van der Waals surface area contributed by atoms with Gasteiger partial charge in [0.05, 0.1) is 7.11 Å². The lowest BCUT2D eigenvalue weighted by Crippen LogP contribution is -2.51. The zero-order chi connectivity index (χ0) is 16.8. The molecule has 5 heteroatoms. The van der Waals surface area contributed by atoms with Crippen LogP contribution >= 0.6 is 12.4 Å². The molecule has 0 heterocycles. The van der Waals surface area contributed by atoms with Gasteiger partial charge in [-0.1, -0.05) is 45.9 Å². The highest BCUT2D eigenvalue weighted by atomic mass is 35.5. The molecule has 0 bridgehead atoms. The number of nitrogens with two attached hydrogens (primary N) is 1. The number of methoxy groups -OCH3 is 1. The molecule has 0 aliphatic carbocycles. The molecule has 0 aliphatic rings. The zero-order valence-electron chi connectivity index (χ0n) is 14.9. The van der Waals surface area contributed by atoms with Crippen LogP contribution in [0.3, 0.4) is 0 Å². The summed E-state index contributed by atoms with van der Waals surface area (Å²) < 4.78 is 5.37. The molecule has 0 saturated heterocycles. The van der Waals surface area contributed by atoms with E-state index in [4.69, 9.17) is 10.5 Å². The van der Waals surface area contributed by atoms with E-state index in [2.05, 4.69) is 19.2 Å². The van der Waals surface area contributed by atoms with Crippen LogP contribution in [0.15, 0.2) is 24.3 Å². The van der Waals surface area contributed by atoms with Gasteiger partial charge in [-0.15, -0.1) is 12.4 Å². The lowest BCUT2D eigenvalue weighted by molar-refractivity contribution is -0.129. The van der Waals surface area contributed by atoms with Gasteiger partial charge >= 0.3 is 0 Å². The number of carbonyl (C=O) groups is 1. The Kier molecular flexibility index (Phi) is 8.64. The Balaban J connectivity index is 0.00000484. The molecule has 1 aromatic carbocycles. The third-order valence-corrected chi connectivity index (χ3v) is 4.45. The van der Waals surface area contributed by atoms with Gasteiger partial charge in [0, 0.05) is 17.5 Å². The summed E-state index contributed by atoms with van der Waals surface area (Å²) in [5.41, 5.74) is 6.45. The van der Waals surface area contributed by atoms with Crippen LogP contribution in [0.4, 0.5) is 0 Å². The van der Waals surface area contributed by atoms with E-state index < -0.39 is 5.41 Å². The molecule has 132 valence electrons. The van der Waals surface area contributed by atoms with Crippen LogP contribution in [0.5, 0.6) is 5.75 Å². The van der Waals surface area contributed by atoms with Crippen molar-refractivity contribution in [1.29, 1.82) is 0 Å². The number of para-hydroxylation sites is 1. The molecule has 1 amide bonds. The van der Waals surface area contributed by atoms with Crippen molar-refractivity contribution in [1.82, 2.24) is 5.32 Å². The van der Waals surface area contributed by atoms with E-state index in [0.29, 0.717) is 13.0 Å². The van der Waals surface area contributed by atoms with Crippen molar-refractivity contribution in [2.75, 3.05) is 13.7 Å². The molecular weight excluding hydrogens is 312 g/mol. The SMILES string of the molecule is CCC(N)(CC)CNC(=O)C(C)(C)Cc1ccccc1OC.Cl. The minimum absolute atomic E-state index is 0. The van der Waals surface area contributed by atoms with Gasteiger partial charge in [-0.2, -0.15) is 0 Å². The van der Waals surface area contributed by atoms with Crippen LogP contribution in [-0.4, -0.2) is 25.1 Å². The summed E-state index contributed by atoms with van der Waals surface area (Å²) in [5, 5.41) is 3.02. The molecule has 0 fully saturated rings. The van der Waals surface area contributed by atoms with Gasteiger partial charge in [0.2, 0.25) is 5.91 Å². The predicted octanol–water partition coefficient (Wildman–Crippen LogP) is 3.32. The zero-order valence-corrected chi connectivity index (χ0v) is 15.8. The molecule has 0 spiro atoms. The highest BCUT2D eigenvalue weighted by Gasteiger charge is 2.30. The average Bonchev–Trinajstić information content (AvgIpc) is 2.52. The third kappa shape index (κ3) is 6.04. The first kappa shape index (κ1) is 21.7. The Labute approximate surface area is 146 Å². The number of carbonyl (C=O) groups excluding carboxylic acids is 1. The number of rotatable bonds is 8. The average molecular weight is 343 g/mol. The second-order valence-corrected chi connectivity index (χ2v) is 6.62. The number of hydrogen-bond acceptors (Lipinski definition) is 3. The molecule has 0 aromatic heterocycles. The fraction of sp³-hybridized carbons (Fsp3) is 0.611. The Morgan fingerprint density at radius 1 is 1.22 bits per heavy atom. The van der Waals surface area contributed by atoms with Crippen molar-refractivity contribution in [3.8, 4) is 5.75 Å². The quantitative estimate of drug-likeness (QED) is 0.761. The fourth-order valence-electron chi connectivity index (χ4n) is 2.40. The third-order valence-electron chi connectivity index (χ3n) is 4.45. The Bertz CT molecular complexity index is 500. The number of hydrogen-bond donors (Lipinski definition) is 2. The van der Waals surface area contributed by atoms with E-state index in [1.807, 2.05) is 38.1 Å².